The van der Waals surface area contributed by atoms with E-state index in [1.54, 1.807) is 0 Å². The summed E-state index contributed by atoms with van der Waals surface area (Å²) in [6.45, 7) is -0.0384. The summed E-state index contributed by atoms with van der Waals surface area (Å²) < 4.78 is 0.404. The fraction of sp³-hybridized carbons (Fsp3) is 0.200. The number of nitro groups is 1. The van der Waals surface area contributed by atoms with Crippen LogP contribution in [0.2, 0.25) is 0 Å². The van der Waals surface area contributed by atoms with Gasteiger partial charge in [0, 0.05) is 23.2 Å². The number of amides is 1. The average Bonchev–Trinajstić information content (AvgIpc) is 2.28. The predicted molar refractivity (Wildman–Crippen MR) is 65.4 cm³/mol. The highest BCUT2D eigenvalue weighted by atomic mass is 79.9. The van der Waals surface area contributed by atoms with Crippen LogP contribution in [-0.4, -0.2) is 28.5 Å². The average molecular weight is 317 g/mol. The molecule has 0 radical (unpaired) electrons. The van der Waals surface area contributed by atoms with Crippen LogP contribution in [0.3, 0.4) is 0 Å². The van der Waals surface area contributed by atoms with Crippen LogP contribution in [0.1, 0.15) is 16.8 Å². The number of hydrogen-bond acceptors (Lipinski definition) is 4. The zero-order chi connectivity index (χ0) is 13.7. The largest absolute Gasteiger partial charge is 0.481 e. The Morgan fingerprint density at radius 2 is 2.11 bits per heavy atom. The van der Waals surface area contributed by atoms with Crippen LogP contribution in [0.15, 0.2) is 22.7 Å². The van der Waals surface area contributed by atoms with Gasteiger partial charge < -0.3 is 10.4 Å². The number of non-ortho nitro benzene ring substituents is 1. The second-order valence-corrected chi connectivity index (χ2v) is 4.18. The molecule has 0 spiro atoms. The van der Waals surface area contributed by atoms with E-state index in [0.717, 1.165) is 6.07 Å². The third-order valence-electron chi connectivity index (χ3n) is 2.03. The highest BCUT2D eigenvalue weighted by Gasteiger charge is 2.15. The fourth-order valence-electron chi connectivity index (χ4n) is 1.18. The number of carboxylic acid groups (broad SMARTS) is 1. The van der Waals surface area contributed by atoms with Crippen molar-refractivity contribution < 1.29 is 19.6 Å². The molecule has 0 saturated carbocycles. The molecule has 0 heterocycles. The van der Waals surface area contributed by atoms with Crippen molar-refractivity contribution in [1.29, 1.82) is 0 Å². The topological polar surface area (TPSA) is 110 Å². The minimum atomic E-state index is -1.03. The van der Waals surface area contributed by atoms with Crippen molar-refractivity contribution in [2.75, 3.05) is 6.54 Å². The highest BCUT2D eigenvalue weighted by Crippen LogP contribution is 2.22. The van der Waals surface area contributed by atoms with Gasteiger partial charge in [-0.05, 0) is 22.0 Å². The van der Waals surface area contributed by atoms with Gasteiger partial charge in [0.05, 0.1) is 16.9 Å². The first-order valence-corrected chi connectivity index (χ1v) is 5.65. The summed E-state index contributed by atoms with van der Waals surface area (Å²) in [4.78, 5) is 31.9. The standard InChI is InChI=1S/C10H9BrN2O5/c11-8-2-1-6(13(17)18)5-7(8)10(16)12-4-3-9(14)15/h1-2,5H,3-4H2,(H,12,16)(H,14,15). The van der Waals surface area contributed by atoms with Gasteiger partial charge in [0.1, 0.15) is 0 Å². The summed E-state index contributed by atoms with van der Waals surface area (Å²) in [5.74, 6) is -1.60. The Bertz CT molecular complexity index is 503. The molecule has 1 aromatic rings. The van der Waals surface area contributed by atoms with Crippen molar-refractivity contribution in [2.45, 2.75) is 6.42 Å². The highest BCUT2D eigenvalue weighted by molar-refractivity contribution is 9.10. The van der Waals surface area contributed by atoms with E-state index >= 15 is 0 Å². The summed E-state index contributed by atoms with van der Waals surface area (Å²) in [5.41, 5.74) is -0.115. The number of carboxylic acids is 1. The molecule has 96 valence electrons. The Hall–Kier alpha value is -1.96. The maximum absolute atomic E-state index is 11.7. The molecule has 2 N–H and O–H groups in total. The fourth-order valence-corrected chi connectivity index (χ4v) is 1.61. The minimum Gasteiger partial charge on any atom is -0.481 e. The maximum Gasteiger partial charge on any atom is 0.305 e. The van der Waals surface area contributed by atoms with E-state index in [1.807, 2.05) is 0 Å². The van der Waals surface area contributed by atoms with Gasteiger partial charge in [-0.3, -0.25) is 19.7 Å². The number of hydrogen-bond donors (Lipinski definition) is 2. The summed E-state index contributed by atoms with van der Waals surface area (Å²) in [6.07, 6.45) is -0.210. The zero-order valence-corrected chi connectivity index (χ0v) is 10.6. The van der Waals surface area contributed by atoms with E-state index in [0.29, 0.717) is 4.47 Å². The van der Waals surface area contributed by atoms with Crippen molar-refractivity contribution in [3.63, 3.8) is 0 Å². The molecule has 1 aromatic carbocycles. The van der Waals surface area contributed by atoms with Crippen molar-refractivity contribution in [1.82, 2.24) is 5.32 Å². The summed E-state index contributed by atoms with van der Waals surface area (Å²) >= 11 is 3.10. The van der Waals surface area contributed by atoms with Gasteiger partial charge in [-0.1, -0.05) is 0 Å². The molecule has 0 fully saturated rings. The monoisotopic (exact) mass is 316 g/mol. The first kappa shape index (κ1) is 14.1. The Labute approximate surface area is 110 Å². The lowest BCUT2D eigenvalue weighted by atomic mass is 10.2. The number of nitro benzene ring substituents is 1. The van der Waals surface area contributed by atoms with Crippen LogP contribution in [0.4, 0.5) is 5.69 Å². The Kier molecular flexibility index (Phi) is 4.78. The molecular formula is C10H9BrN2O5. The number of nitrogens with one attached hydrogen (secondary N) is 1. The number of nitrogens with zero attached hydrogens (tertiary/aromatic N) is 1. The molecular weight excluding hydrogens is 308 g/mol. The van der Waals surface area contributed by atoms with Gasteiger partial charge in [-0.25, -0.2) is 0 Å². The van der Waals surface area contributed by atoms with E-state index in [2.05, 4.69) is 21.2 Å². The molecule has 0 aliphatic carbocycles. The Balaban J connectivity index is 2.81. The molecule has 1 rings (SSSR count). The minimum absolute atomic E-state index is 0.0384. The molecule has 0 unspecified atom stereocenters. The number of carbonyl (C=O) groups excluding carboxylic acids is 1. The maximum atomic E-state index is 11.7. The first-order valence-electron chi connectivity index (χ1n) is 4.85. The van der Waals surface area contributed by atoms with Gasteiger partial charge in [0.25, 0.3) is 11.6 Å². The van der Waals surface area contributed by atoms with Crippen LogP contribution < -0.4 is 5.32 Å². The van der Waals surface area contributed by atoms with Gasteiger partial charge in [-0.2, -0.15) is 0 Å². The lowest BCUT2D eigenvalue weighted by Gasteiger charge is -2.05. The van der Waals surface area contributed by atoms with Crippen molar-refractivity contribution in [2.24, 2.45) is 0 Å². The zero-order valence-electron chi connectivity index (χ0n) is 9.05. The van der Waals surface area contributed by atoms with Gasteiger partial charge in [0.2, 0.25) is 0 Å². The summed E-state index contributed by atoms with van der Waals surface area (Å²) in [6, 6.07) is 3.78. The van der Waals surface area contributed by atoms with Crippen molar-refractivity contribution in [3.8, 4) is 0 Å². The summed E-state index contributed by atoms with van der Waals surface area (Å²) in [7, 11) is 0. The molecule has 1 amide bonds. The molecule has 7 nitrogen and oxygen atoms in total. The van der Waals surface area contributed by atoms with E-state index < -0.39 is 16.8 Å². The normalized spacial score (nSPS) is 9.83. The number of aliphatic carboxylic acids is 1. The van der Waals surface area contributed by atoms with E-state index in [9.17, 15) is 19.7 Å². The number of rotatable bonds is 5. The van der Waals surface area contributed by atoms with Crippen LogP contribution in [0, 0.1) is 10.1 Å². The molecule has 0 bridgehead atoms. The molecule has 18 heavy (non-hydrogen) atoms. The van der Waals surface area contributed by atoms with Crippen LogP contribution in [0.25, 0.3) is 0 Å². The van der Waals surface area contributed by atoms with Gasteiger partial charge in [0.15, 0.2) is 0 Å². The van der Waals surface area contributed by atoms with E-state index in [-0.39, 0.29) is 24.2 Å². The van der Waals surface area contributed by atoms with Crippen LogP contribution in [0.5, 0.6) is 0 Å². The predicted octanol–water partition coefficient (Wildman–Crippen LogP) is 1.56. The third-order valence-corrected chi connectivity index (χ3v) is 2.72. The lowest BCUT2D eigenvalue weighted by Crippen LogP contribution is -2.26. The molecule has 0 atom stereocenters. The smallest absolute Gasteiger partial charge is 0.305 e. The van der Waals surface area contributed by atoms with E-state index in [4.69, 9.17) is 5.11 Å². The van der Waals surface area contributed by atoms with E-state index in [1.165, 1.54) is 12.1 Å². The summed E-state index contributed by atoms with van der Waals surface area (Å²) in [5, 5.41) is 21.4. The van der Waals surface area contributed by atoms with Crippen molar-refractivity contribution >= 4 is 33.5 Å². The van der Waals surface area contributed by atoms with Gasteiger partial charge in [-0.15, -0.1) is 0 Å². The second-order valence-electron chi connectivity index (χ2n) is 3.32. The Morgan fingerprint density at radius 3 is 2.67 bits per heavy atom. The molecule has 8 heteroatoms. The van der Waals surface area contributed by atoms with Crippen molar-refractivity contribution in [3.05, 3.63) is 38.3 Å². The van der Waals surface area contributed by atoms with Crippen LogP contribution >= 0.6 is 15.9 Å². The lowest BCUT2D eigenvalue weighted by molar-refractivity contribution is -0.384. The second kappa shape index (κ2) is 6.10. The number of carbonyl (C=O) groups is 2. The Morgan fingerprint density at radius 1 is 1.44 bits per heavy atom. The molecule has 0 saturated heterocycles. The first-order chi connectivity index (χ1) is 8.41. The van der Waals surface area contributed by atoms with Gasteiger partial charge >= 0.3 is 5.97 Å². The third kappa shape index (κ3) is 3.81. The SMILES string of the molecule is O=C(O)CCNC(=O)c1cc([N+](=O)[O-])ccc1Br. The molecule has 0 aliphatic rings. The van der Waals surface area contributed by atoms with Crippen LogP contribution in [-0.2, 0) is 4.79 Å². The molecule has 0 aliphatic heterocycles. The number of benzene rings is 1. The molecule has 0 aromatic heterocycles. The number of halogens is 1. The quantitative estimate of drug-likeness (QED) is 0.632.